The fourth-order valence-electron chi connectivity index (χ4n) is 2.39. The second-order valence-corrected chi connectivity index (χ2v) is 9.10. The molecule has 0 radical (unpaired) electrons. The van der Waals surface area contributed by atoms with Gasteiger partial charge in [0.25, 0.3) is 0 Å². The van der Waals surface area contributed by atoms with Crippen molar-refractivity contribution in [1.82, 2.24) is 10.6 Å². The van der Waals surface area contributed by atoms with Crippen molar-refractivity contribution in [3.05, 3.63) is 62.5 Å². The average molecular weight is 498 g/mol. The number of urea groups is 1. The summed E-state index contributed by atoms with van der Waals surface area (Å²) in [6.07, 6.45) is 0.735. The zero-order chi connectivity index (χ0) is 19.9. The first-order valence-corrected chi connectivity index (χ1v) is 10.5. The van der Waals surface area contributed by atoms with Gasteiger partial charge in [-0.2, -0.15) is 0 Å². The van der Waals surface area contributed by atoms with Crippen LogP contribution < -0.4 is 15.4 Å². The molecule has 2 aromatic rings. The van der Waals surface area contributed by atoms with Crippen LogP contribution in [0.4, 0.5) is 4.79 Å². The minimum absolute atomic E-state index is 0.106. The number of benzene rings is 2. The van der Waals surface area contributed by atoms with E-state index in [9.17, 15) is 4.79 Å². The molecule has 0 saturated carbocycles. The van der Waals surface area contributed by atoms with Gasteiger partial charge in [0, 0.05) is 17.6 Å². The van der Waals surface area contributed by atoms with Crippen LogP contribution in [0.25, 0.3) is 0 Å². The maximum atomic E-state index is 11.8. The van der Waals surface area contributed by atoms with Crippen molar-refractivity contribution in [3.8, 4) is 5.75 Å². The molecule has 0 bridgehead atoms. The third-order valence-corrected chi connectivity index (χ3v) is 5.18. The van der Waals surface area contributed by atoms with E-state index in [-0.39, 0.29) is 11.4 Å². The minimum atomic E-state index is -0.173. The smallest absolute Gasteiger partial charge is 0.315 e. The fourth-order valence-corrected chi connectivity index (χ4v) is 3.15. The third-order valence-electron chi connectivity index (χ3n) is 4.03. The van der Waals surface area contributed by atoms with E-state index in [4.69, 9.17) is 4.74 Å². The number of ether oxygens (including phenoxy) is 1. The van der Waals surface area contributed by atoms with Gasteiger partial charge in [-0.1, -0.05) is 54.9 Å². The number of carbonyl (C=O) groups excluding carboxylic acids is 1. The molecular formula is C21H26Br2N2O2. The molecule has 0 aliphatic carbocycles. The molecule has 0 atom stereocenters. The Kier molecular flexibility index (Phi) is 8.17. The van der Waals surface area contributed by atoms with Gasteiger partial charge in [-0.05, 0) is 63.2 Å². The number of hydrogen-bond acceptors (Lipinski definition) is 2. The molecule has 0 fully saturated rings. The zero-order valence-electron chi connectivity index (χ0n) is 15.9. The predicted octanol–water partition coefficient (Wildman–Crippen LogP) is 5.78. The van der Waals surface area contributed by atoms with Gasteiger partial charge in [0.05, 0.1) is 11.1 Å². The first kappa shape index (κ1) is 21.8. The summed E-state index contributed by atoms with van der Waals surface area (Å²) in [7, 11) is 0. The van der Waals surface area contributed by atoms with Crippen LogP contribution in [0.5, 0.6) is 5.75 Å². The van der Waals surface area contributed by atoms with Gasteiger partial charge in [0.15, 0.2) is 0 Å². The molecule has 2 rings (SSSR count). The van der Waals surface area contributed by atoms with E-state index in [1.54, 1.807) is 0 Å². The van der Waals surface area contributed by atoms with E-state index in [0.717, 1.165) is 26.7 Å². The number of rotatable bonds is 7. The lowest BCUT2D eigenvalue weighted by atomic mass is 9.87. The Morgan fingerprint density at radius 1 is 1.04 bits per heavy atom. The Hall–Kier alpha value is -1.53. The Morgan fingerprint density at radius 3 is 2.37 bits per heavy atom. The van der Waals surface area contributed by atoms with Gasteiger partial charge in [-0.15, -0.1) is 0 Å². The summed E-state index contributed by atoms with van der Waals surface area (Å²) < 4.78 is 7.78. The molecule has 0 spiro atoms. The Bertz CT molecular complexity index is 756. The molecule has 4 nitrogen and oxygen atoms in total. The summed E-state index contributed by atoms with van der Waals surface area (Å²) in [5, 5.41) is 5.69. The van der Waals surface area contributed by atoms with Crippen molar-refractivity contribution in [1.29, 1.82) is 0 Å². The fraction of sp³-hybridized carbons (Fsp3) is 0.381. The van der Waals surface area contributed by atoms with Crippen molar-refractivity contribution in [2.45, 2.75) is 39.2 Å². The molecule has 146 valence electrons. The normalized spacial score (nSPS) is 11.1. The summed E-state index contributed by atoms with van der Waals surface area (Å²) in [4.78, 5) is 11.8. The second kappa shape index (κ2) is 10.1. The molecule has 2 N–H and O–H groups in total. The van der Waals surface area contributed by atoms with Gasteiger partial charge in [0.2, 0.25) is 0 Å². The van der Waals surface area contributed by atoms with Crippen molar-refractivity contribution >= 4 is 37.9 Å². The highest BCUT2D eigenvalue weighted by Crippen LogP contribution is 2.31. The van der Waals surface area contributed by atoms with E-state index < -0.39 is 0 Å². The number of hydrogen-bond donors (Lipinski definition) is 2. The van der Waals surface area contributed by atoms with Gasteiger partial charge < -0.3 is 15.4 Å². The van der Waals surface area contributed by atoms with Crippen LogP contribution in [0, 0.1) is 0 Å². The highest BCUT2D eigenvalue weighted by Gasteiger charge is 2.15. The van der Waals surface area contributed by atoms with Gasteiger partial charge in [-0.25, -0.2) is 4.79 Å². The molecule has 27 heavy (non-hydrogen) atoms. The van der Waals surface area contributed by atoms with Crippen LogP contribution in [-0.4, -0.2) is 19.2 Å². The molecule has 0 heterocycles. The number of halogens is 2. The number of nitrogens with one attached hydrogen (secondary N) is 2. The van der Waals surface area contributed by atoms with Crippen LogP contribution >= 0.6 is 31.9 Å². The van der Waals surface area contributed by atoms with Crippen LogP contribution in [-0.2, 0) is 12.0 Å². The second-order valence-electron chi connectivity index (χ2n) is 7.33. The molecule has 0 aromatic heterocycles. The topological polar surface area (TPSA) is 50.4 Å². The van der Waals surface area contributed by atoms with E-state index in [1.165, 1.54) is 5.56 Å². The monoisotopic (exact) mass is 496 g/mol. The molecule has 0 unspecified atom stereocenters. The summed E-state index contributed by atoms with van der Waals surface area (Å²) >= 11 is 6.96. The minimum Gasteiger partial charge on any atom is -0.492 e. The van der Waals surface area contributed by atoms with Crippen molar-refractivity contribution in [2.24, 2.45) is 0 Å². The molecular weight excluding hydrogens is 472 g/mol. The lowest BCUT2D eigenvalue weighted by Gasteiger charge is -2.20. The Balaban J connectivity index is 1.65. The van der Waals surface area contributed by atoms with Crippen molar-refractivity contribution in [2.75, 3.05) is 13.2 Å². The Morgan fingerprint density at radius 2 is 1.74 bits per heavy atom. The zero-order valence-corrected chi connectivity index (χ0v) is 19.1. The summed E-state index contributed by atoms with van der Waals surface area (Å²) in [5.74, 6) is 0.822. The van der Waals surface area contributed by atoms with Crippen LogP contribution in [0.2, 0.25) is 0 Å². The lowest BCUT2D eigenvalue weighted by molar-refractivity contribution is 0.238. The maximum absolute atomic E-state index is 11.8. The molecule has 0 aliphatic heterocycles. The van der Waals surface area contributed by atoms with Crippen LogP contribution in [0.15, 0.2) is 51.4 Å². The van der Waals surface area contributed by atoms with E-state index in [1.807, 2.05) is 30.3 Å². The van der Waals surface area contributed by atoms with E-state index in [2.05, 4.69) is 75.4 Å². The molecule has 0 saturated heterocycles. The lowest BCUT2D eigenvalue weighted by Crippen LogP contribution is -2.36. The van der Waals surface area contributed by atoms with Gasteiger partial charge in [0.1, 0.15) is 5.75 Å². The maximum Gasteiger partial charge on any atom is 0.315 e. The van der Waals surface area contributed by atoms with Gasteiger partial charge in [-0.3, -0.25) is 0 Å². The number of carbonyl (C=O) groups is 1. The first-order chi connectivity index (χ1) is 12.8. The standard InChI is InChI=1S/C21H26Br2N2O2/c1-21(2,3)16-7-10-19(18(23)13-16)27-12-4-11-24-20(26)25-14-15-5-8-17(22)9-6-15/h5-10,13H,4,11-12,14H2,1-3H3,(H2,24,25,26). The van der Waals surface area contributed by atoms with Crippen molar-refractivity contribution < 1.29 is 9.53 Å². The quantitative estimate of drug-likeness (QED) is 0.476. The molecule has 6 heteroatoms. The molecule has 2 amide bonds. The summed E-state index contributed by atoms with van der Waals surface area (Å²) in [6.45, 7) is 8.15. The third kappa shape index (κ3) is 7.54. The summed E-state index contributed by atoms with van der Waals surface area (Å²) in [5.41, 5.74) is 2.42. The SMILES string of the molecule is CC(C)(C)c1ccc(OCCCNC(=O)NCc2ccc(Br)cc2)c(Br)c1. The van der Waals surface area contributed by atoms with Crippen LogP contribution in [0.1, 0.15) is 38.3 Å². The first-order valence-electron chi connectivity index (χ1n) is 8.94. The van der Waals surface area contributed by atoms with E-state index in [0.29, 0.717) is 19.7 Å². The van der Waals surface area contributed by atoms with E-state index >= 15 is 0 Å². The average Bonchev–Trinajstić information content (AvgIpc) is 2.61. The van der Waals surface area contributed by atoms with Crippen molar-refractivity contribution in [3.63, 3.8) is 0 Å². The number of amides is 2. The predicted molar refractivity (Wildman–Crippen MR) is 117 cm³/mol. The highest BCUT2D eigenvalue weighted by molar-refractivity contribution is 9.10. The summed E-state index contributed by atoms with van der Waals surface area (Å²) in [6, 6.07) is 13.9. The van der Waals surface area contributed by atoms with Crippen LogP contribution in [0.3, 0.4) is 0 Å². The molecule has 0 aliphatic rings. The molecule has 2 aromatic carbocycles. The Labute approximate surface area is 178 Å². The van der Waals surface area contributed by atoms with Gasteiger partial charge >= 0.3 is 6.03 Å². The highest BCUT2D eigenvalue weighted by atomic mass is 79.9. The largest absolute Gasteiger partial charge is 0.492 e.